The van der Waals surface area contributed by atoms with Gasteiger partial charge in [0, 0.05) is 18.4 Å². The second-order valence-electron chi connectivity index (χ2n) is 5.73. The molecule has 1 fully saturated rings. The molecular weight excluding hydrogens is 374 g/mol. The van der Waals surface area contributed by atoms with Crippen LogP contribution in [0, 0.1) is 10.1 Å². The maximum absolute atomic E-state index is 11.9. The van der Waals surface area contributed by atoms with Crippen LogP contribution in [-0.4, -0.2) is 58.0 Å². The molecule has 0 saturated carbocycles. The molecule has 12 heteroatoms. The van der Waals surface area contributed by atoms with Crippen molar-refractivity contribution in [3.63, 3.8) is 0 Å². The SMILES string of the molecule is CS(=O)(=O)c1ccc(NCC(=O)N[C@H]2CCS(=O)(=O)C2)c([N+](=O)[O-])c1. The van der Waals surface area contributed by atoms with E-state index < -0.39 is 42.2 Å². The molecule has 10 nitrogen and oxygen atoms in total. The first kappa shape index (κ1) is 19.1. The number of sulfone groups is 2. The fourth-order valence-corrected chi connectivity index (χ4v) is 4.72. The lowest BCUT2D eigenvalue weighted by molar-refractivity contribution is -0.384. The fourth-order valence-electron chi connectivity index (χ4n) is 2.41. The van der Waals surface area contributed by atoms with Crippen LogP contribution in [0.3, 0.4) is 0 Å². The van der Waals surface area contributed by atoms with E-state index in [1.165, 1.54) is 12.1 Å². The number of anilines is 1. The summed E-state index contributed by atoms with van der Waals surface area (Å²) in [4.78, 5) is 22.0. The average Bonchev–Trinajstić information content (AvgIpc) is 2.82. The fraction of sp³-hybridized carbons (Fsp3) is 0.462. The molecule has 0 unspecified atom stereocenters. The third-order valence-corrected chi connectivity index (χ3v) is 6.51. The van der Waals surface area contributed by atoms with E-state index in [-0.39, 0.29) is 28.6 Å². The van der Waals surface area contributed by atoms with Gasteiger partial charge in [-0.15, -0.1) is 0 Å². The van der Waals surface area contributed by atoms with Gasteiger partial charge < -0.3 is 10.6 Å². The Morgan fingerprint density at radius 2 is 2.08 bits per heavy atom. The van der Waals surface area contributed by atoms with Crippen molar-refractivity contribution in [2.45, 2.75) is 17.4 Å². The zero-order valence-corrected chi connectivity index (χ0v) is 14.9. The lowest BCUT2D eigenvalue weighted by Gasteiger charge is -2.12. The van der Waals surface area contributed by atoms with Gasteiger partial charge >= 0.3 is 0 Å². The number of nitrogens with one attached hydrogen (secondary N) is 2. The van der Waals surface area contributed by atoms with E-state index >= 15 is 0 Å². The van der Waals surface area contributed by atoms with E-state index in [9.17, 15) is 31.7 Å². The van der Waals surface area contributed by atoms with Gasteiger partial charge in [-0.25, -0.2) is 16.8 Å². The average molecular weight is 391 g/mol. The first-order chi connectivity index (χ1) is 11.5. The molecular formula is C13H17N3O7S2. The van der Waals surface area contributed by atoms with Crippen LogP contribution < -0.4 is 10.6 Å². The summed E-state index contributed by atoms with van der Waals surface area (Å²) in [6.45, 7) is -0.310. The Morgan fingerprint density at radius 1 is 1.40 bits per heavy atom. The van der Waals surface area contributed by atoms with Gasteiger partial charge in [-0.2, -0.15) is 0 Å². The van der Waals surface area contributed by atoms with Crippen LogP contribution in [0.15, 0.2) is 23.1 Å². The number of nitrogens with zero attached hydrogens (tertiary/aromatic N) is 1. The molecule has 2 N–H and O–H groups in total. The van der Waals surface area contributed by atoms with Crippen LogP contribution in [0.5, 0.6) is 0 Å². The molecule has 1 atom stereocenters. The summed E-state index contributed by atoms with van der Waals surface area (Å²) in [5, 5.41) is 16.2. The van der Waals surface area contributed by atoms with Crippen molar-refractivity contribution in [1.29, 1.82) is 0 Å². The first-order valence-corrected chi connectivity index (χ1v) is 10.9. The number of nitro benzene ring substituents is 1. The summed E-state index contributed by atoms with van der Waals surface area (Å²) in [5.74, 6) is -0.616. The van der Waals surface area contributed by atoms with Gasteiger partial charge in [0.15, 0.2) is 19.7 Å². The first-order valence-electron chi connectivity index (χ1n) is 7.20. The van der Waals surface area contributed by atoms with Gasteiger partial charge in [0.05, 0.1) is 27.9 Å². The normalized spacial score (nSPS) is 19.3. The van der Waals surface area contributed by atoms with Crippen molar-refractivity contribution in [2.24, 2.45) is 0 Å². The van der Waals surface area contributed by atoms with Gasteiger partial charge in [-0.3, -0.25) is 14.9 Å². The van der Waals surface area contributed by atoms with Crippen molar-refractivity contribution in [1.82, 2.24) is 5.32 Å². The molecule has 0 bridgehead atoms. The molecule has 0 aliphatic carbocycles. The predicted octanol–water partition coefficient (Wildman–Crippen LogP) is -0.286. The molecule has 1 heterocycles. The zero-order valence-electron chi connectivity index (χ0n) is 13.3. The highest BCUT2D eigenvalue weighted by Crippen LogP contribution is 2.27. The number of rotatable bonds is 6. The molecule has 1 amide bonds. The van der Waals surface area contributed by atoms with Crippen molar-refractivity contribution in [2.75, 3.05) is 29.6 Å². The summed E-state index contributed by atoms with van der Waals surface area (Å²) in [5.41, 5.74) is -0.481. The molecule has 1 saturated heterocycles. The van der Waals surface area contributed by atoms with Crippen molar-refractivity contribution >= 4 is 37.0 Å². The van der Waals surface area contributed by atoms with Crippen LogP contribution in [0.4, 0.5) is 11.4 Å². The standard InChI is InChI=1S/C13H17N3O7S2/c1-24(20,21)10-2-3-11(12(6-10)16(18)19)14-7-13(17)15-9-4-5-25(22,23)8-9/h2-3,6,9,14H,4-5,7-8H2,1H3,(H,15,17)/t9-/m0/s1. The highest BCUT2D eigenvalue weighted by Gasteiger charge is 2.29. The van der Waals surface area contributed by atoms with E-state index in [0.717, 1.165) is 12.3 Å². The van der Waals surface area contributed by atoms with E-state index in [0.29, 0.717) is 6.42 Å². The van der Waals surface area contributed by atoms with E-state index in [1.807, 2.05) is 0 Å². The predicted molar refractivity (Wildman–Crippen MR) is 89.9 cm³/mol. The highest BCUT2D eigenvalue weighted by molar-refractivity contribution is 7.91. The maximum atomic E-state index is 11.9. The Bertz CT molecular complexity index is 910. The largest absolute Gasteiger partial charge is 0.371 e. The third kappa shape index (κ3) is 5.13. The van der Waals surface area contributed by atoms with Crippen molar-refractivity contribution in [3.8, 4) is 0 Å². The molecule has 25 heavy (non-hydrogen) atoms. The van der Waals surface area contributed by atoms with Crippen LogP contribution in [0.2, 0.25) is 0 Å². The molecule has 138 valence electrons. The van der Waals surface area contributed by atoms with Gasteiger partial charge in [-0.05, 0) is 18.6 Å². The van der Waals surface area contributed by atoms with E-state index in [2.05, 4.69) is 10.6 Å². The number of hydrogen-bond acceptors (Lipinski definition) is 8. The second-order valence-corrected chi connectivity index (χ2v) is 9.97. The quantitative estimate of drug-likeness (QED) is 0.496. The van der Waals surface area contributed by atoms with E-state index in [1.54, 1.807) is 0 Å². The number of benzene rings is 1. The Morgan fingerprint density at radius 3 is 2.60 bits per heavy atom. The topological polar surface area (TPSA) is 153 Å². The van der Waals surface area contributed by atoms with Crippen LogP contribution in [0.25, 0.3) is 0 Å². The van der Waals surface area contributed by atoms with Gasteiger partial charge in [-0.1, -0.05) is 0 Å². The Labute approximate surface area is 144 Å². The molecule has 1 aliphatic heterocycles. The molecule has 2 rings (SSSR count). The lowest BCUT2D eigenvalue weighted by Crippen LogP contribution is -2.39. The second kappa shape index (κ2) is 6.96. The maximum Gasteiger partial charge on any atom is 0.293 e. The Kier molecular flexibility index (Phi) is 5.32. The molecule has 1 aromatic carbocycles. The molecule has 1 aromatic rings. The van der Waals surface area contributed by atoms with Gasteiger partial charge in [0.2, 0.25) is 5.91 Å². The van der Waals surface area contributed by atoms with Crippen LogP contribution in [-0.2, 0) is 24.5 Å². The monoisotopic (exact) mass is 391 g/mol. The van der Waals surface area contributed by atoms with Crippen LogP contribution in [0.1, 0.15) is 6.42 Å². The summed E-state index contributed by atoms with van der Waals surface area (Å²) < 4.78 is 45.6. The van der Waals surface area contributed by atoms with Gasteiger partial charge in [0.1, 0.15) is 5.69 Å². The summed E-state index contributed by atoms with van der Waals surface area (Å²) >= 11 is 0. The molecule has 1 aliphatic rings. The number of amides is 1. The minimum atomic E-state index is -3.60. The minimum absolute atomic E-state index is 0.00778. The Balaban J connectivity index is 2.05. The minimum Gasteiger partial charge on any atom is -0.371 e. The van der Waals surface area contributed by atoms with Gasteiger partial charge in [0.25, 0.3) is 5.69 Å². The molecule has 0 spiro atoms. The summed E-state index contributed by atoms with van der Waals surface area (Å²) in [6, 6.07) is 2.86. The lowest BCUT2D eigenvalue weighted by atomic mass is 10.2. The van der Waals surface area contributed by atoms with Crippen molar-refractivity contribution in [3.05, 3.63) is 28.3 Å². The number of carbonyl (C=O) groups is 1. The van der Waals surface area contributed by atoms with Crippen molar-refractivity contribution < 1.29 is 26.6 Å². The number of carbonyl (C=O) groups excluding carboxylic acids is 1. The summed E-state index contributed by atoms with van der Waals surface area (Å²) in [6.07, 6.45) is 1.26. The number of nitro groups is 1. The summed E-state index contributed by atoms with van der Waals surface area (Å²) in [7, 11) is -6.73. The van der Waals surface area contributed by atoms with Crippen LogP contribution >= 0.6 is 0 Å². The van der Waals surface area contributed by atoms with E-state index in [4.69, 9.17) is 0 Å². The smallest absolute Gasteiger partial charge is 0.293 e. The Hall–Kier alpha value is -2.21. The zero-order chi connectivity index (χ0) is 18.8. The molecule has 0 aromatic heterocycles. The third-order valence-electron chi connectivity index (χ3n) is 3.63. The molecule has 0 radical (unpaired) electrons. The highest BCUT2D eigenvalue weighted by atomic mass is 32.2. The number of hydrogen-bond donors (Lipinski definition) is 2.